The van der Waals surface area contributed by atoms with E-state index in [2.05, 4.69) is 0 Å². The van der Waals surface area contributed by atoms with Gasteiger partial charge in [0.05, 0.1) is 9.90 Å². The molecule has 5 heteroatoms. The number of hydrogen-bond acceptors (Lipinski definition) is 4. The van der Waals surface area contributed by atoms with Gasteiger partial charge in [-0.1, -0.05) is 11.6 Å². The topological polar surface area (TPSA) is 38.7 Å². The molecule has 0 radical (unpaired) electrons. The molecule has 1 unspecified atom stereocenters. The molecule has 0 aliphatic rings. The largest absolute Gasteiger partial charge is 0.384 e. The maximum Gasteiger partial charge on any atom is 0.159 e. The van der Waals surface area contributed by atoms with E-state index in [0.29, 0.717) is 11.4 Å². The molecule has 0 bridgehead atoms. The summed E-state index contributed by atoms with van der Waals surface area (Å²) >= 11 is 7.39. The first-order valence-corrected chi connectivity index (χ1v) is 5.78. The van der Waals surface area contributed by atoms with Gasteiger partial charge < -0.3 is 14.6 Å². The van der Waals surface area contributed by atoms with E-state index >= 15 is 0 Å². The predicted molar refractivity (Wildman–Crippen MR) is 61.3 cm³/mol. The fourth-order valence-corrected chi connectivity index (χ4v) is 2.69. The summed E-state index contributed by atoms with van der Waals surface area (Å²) < 4.78 is 10.1. The Hall–Kier alpha value is -0.130. The number of aliphatic hydroxyl groups is 1. The van der Waals surface area contributed by atoms with Crippen LogP contribution in [0.2, 0.25) is 5.02 Å². The molecule has 86 valence electrons. The molecule has 1 aromatic rings. The van der Waals surface area contributed by atoms with Gasteiger partial charge in [-0.05, 0) is 18.4 Å². The van der Waals surface area contributed by atoms with Crippen LogP contribution in [0.15, 0.2) is 11.4 Å². The Balaban J connectivity index is 2.79. The maximum absolute atomic E-state index is 10.3. The third kappa shape index (κ3) is 3.16. The Morgan fingerprint density at radius 2 is 2.13 bits per heavy atom. The van der Waals surface area contributed by atoms with Crippen molar-refractivity contribution < 1.29 is 14.6 Å². The van der Waals surface area contributed by atoms with Crippen LogP contribution in [0, 0.1) is 0 Å². The molecule has 1 rings (SSSR count). The van der Waals surface area contributed by atoms with Crippen LogP contribution in [0.4, 0.5) is 0 Å². The second-order valence-corrected chi connectivity index (χ2v) is 4.80. The average molecular weight is 251 g/mol. The Kier molecular flexibility index (Phi) is 4.55. The van der Waals surface area contributed by atoms with E-state index in [4.69, 9.17) is 21.1 Å². The van der Waals surface area contributed by atoms with Crippen LogP contribution in [-0.4, -0.2) is 25.6 Å². The molecule has 0 aliphatic heterocycles. The minimum Gasteiger partial charge on any atom is -0.384 e. The number of hydrogen-bond donors (Lipinski definition) is 1. The second-order valence-electron chi connectivity index (χ2n) is 3.48. The lowest BCUT2D eigenvalue weighted by Crippen LogP contribution is -2.29. The zero-order valence-electron chi connectivity index (χ0n) is 8.99. The summed E-state index contributed by atoms with van der Waals surface area (Å²) in [6.07, 6.45) is -0.0848. The van der Waals surface area contributed by atoms with E-state index in [1.807, 2.05) is 5.38 Å². The molecule has 0 saturated carbocycles. The van der Waals surface area contributed by atoms with Gasteiger partial charge in [0.2, 0.25) is 0 Å². The van der Waals surface area contributed by atoms with Gasteiger partial charge in [-0.25, -0.2) is 0 Å². The summed E-state index contributed by atoms with van der Waals surface area (Å²) in [6, 6.07) is 1.77. The van der Waals surface area contributed by atoms with Crippen molar-refractivity contribution in [3.05, 3.63) is 21.3 Å². The van der Waals surface area contributed by atoms with Crippen molar-refractivity contribution in [2.45, 2.75) is 25.2 Å². The Labute approximate surface area is 98.6 Å². The minimum atomic E-state index is -1.03. The highest BCUT2D eigenvalue weighted by Gasteiger charge is 2.30. The third-order valence-electron chi connectivity index (χ3n) is 2.20. The molecule has 0 aromatic carbocycles. The van der Waals surface area contributed by atoms with Crippen molar-refractivity contribution in [1.29, 1.82) is 0 Å². The summed E-state index contributed by atoms with van der Waals surface area (Å²) in [6.45, 7) is 1.70. The third-order valence-corrected chi connectivity index (χ3v) is 3.79. The van der Waals surface area contributed by atoms with E-state index in [0.717, 1.165) is 4.88 Å². The fraction of sp³-hybridized carbons (Fsp3) is 0.600. The molecule has 15 heavy (non-hydrogen) atoms. The van der Waals surface area contributed by atoms with Crippen LogP contribution in [0.5, 0.6) is 0 Å². The van der Waals surface area contributed by atoms with Gasteiger partial charge in [-0.15, -0.1) is 11.3 Å². The minimum absolute atomic E-state index is 0.347. The van der Waals surface area contributed by atoms with Crippen molar-refractivity contribution >= 4 is 22.9 Å². The quantitative estimate of drug-likeness (QED) is 0.817. The number of methoxy groups -OCH3 is 2. The highest BCUT2D eigenvalue weighted by Crippen LogP contribution is 2.36. The van der Waals surface area contributed by atoms with Crippen LogP contribution in [0.1, 0.15) is 18.2 Å². The predicted octanol–water partition coefficient (Wildman–Crippen LogP) is 2.62. The van der Waals surface area contributed by atoms with Crippen molar-refractivity contribution in [2.75, 3.05) is 14.2 Å². The maximum atomic E-state index is 10.3. The molecular weight excluding hydrogens is 236 g/mol. The van der Waals surface area contributed by atoms with E-state index in [1.165, 1.54) is 11.3 Å². The molecule has 3 nitrogen and oxygen atoms in total. The number of thiophene rings is 1. The van der Waals surface area contributed by atoms with Crippen LogP contribution >= 0.6 is 22.9 Å². The van der Waals surface area contributed by atoms with Crippen molar-refractivity contribution in [2.24, 2.45) is 0 Å². The zero-order valence-corrected chi connectivity index (χ0v) is 10.6. The van der Waals surface area contributed by atoms with Gasteiger partial charge in [0.1, 0.15) is 5.60 Å². The molecule has 1 atom stereocenters. The van der Waals surface area contributed by atoms with E-state index in [1.54, 1.807) is 27.2 Å². The molecule has 1 heterocycles. The molecule has 1 N–H and O–H groups in total. The Morgan fingerprint density at radius 1 is 1.53 bits per heavy atom. The SMILES string of the molecule is COC(CC(C)(O)c1sccc1Cl)OC. The molecule has 0 aliphatic carbocycles. The monoisotopic (exact) mass is 250 g/mol. The molecular formula is C10H15ClO3S. The van der Waals surface area contributed by atoms with Gasteiger partial charge in [-0.3, -0.25) is 0 Å². The van der Waals surface area contributed by atoms with Crippen LogP contribution in [-0.2, 0) is 15.1 Å². The van der Waals surface area contributed by atoms with Gasteiger partial charge >= 0.3 is 0 Å². The van der Waals surface area contributed by atoms with Crippen LogP contribution in [0.3, 0.4) is 0 Å². The van der Waals surface area contributed by atoms with Crippen LogP contribution in [0.25, 0.3) is 0 Å². The summed E-state index contributed by atoms with van der Waals surface area (Å²) in [5.74, 6) is 0. The lowest BCUT2D eigenvalue weighted by molar-refractivity contribution is -0.141. The van der Waals surface area contributed by atoms with E-state index in [9.17, 15) is 5.11 Å². The summed E-state index contributed by atoms with van der Waals surface area (Å²) in [7, 11) is 3.08. The first kappa shape index (κ1) is 12.9. The second kappa shape index (κ2) is 5.27. The van der Waals surface area contributed by atoms with E-state index < -0.39 is 11.9 Å². The highest BCUT2D eigenvalue weighted by molar-refractivity contribution is 7.10. The molecule has 0 fully saturated rings. The lowest BCUT2D eigenvalue weighted by Gasteiger charge is -2.26. The smallest absolute Gasteiger partial charge is 0.159 e. The van der Waals surface area contributed by atoms with Crippen molar-refractivity contribution in [3.63, 3.8) is 0 Å². The molecule has 0 saturated heterocycles. The van der Waals surface area contributed by atoms with Crippen LogP contribution < -0.4 is 0 Å². The Bertz CT molecular complexity index is 307. The standard InChI is InChI=1S/C10H15ClO3S/c1-10(12,6-8(13-2)14-3)9-7(11)4-5-15-9/h4-5,8,12H,6H2,1-3H3. The number of ether oxygens (including phenoxy) is 2. The van der Waals surface area contributed by atoms with Crippen molar-refractivity contribution in [3.8, 4) is 0 Å². The Morgan fingerprint density at radius 3 is 2.53 bits per heavy atom. The normalized spacial score (nSPS) is 15.6. The summed E-state index contributed by atoms with van der Waals surface area (Å²) in [4.78, 5) is 0.739. The molecule has 0 amide bonds. The van der Waals surface area contributed by atoms with Gasteiger partial charge in [0, 0.05) is 20.6 Å². The first-order valence-electron chi connectivity index (χ1n) is 4.52. The van der Waals surface area contributed by atoms with Gasteiger partial charge in [-0.2, -0.15) is 0 Å². The zero-order chi connectivity index (χ0) is 11.5. The highest BCUT2D eigenvalue weighted by atomic mass is 35.5. The first-order chi connectivity index (χ1) is 7.01. The number of rotatable bonds is 5. The van der Waals surface area contributed by atoms with Crippen molar-refractivity contribution in [1.82, 2.24) is 0 Å². The van der Waals surface area contributed by atoms with E-state index in [-0.39, 0.29) is 0 Å². The lowest BCUT2D eigenvalue weighted by atomic mass is 10.00. The van der Waals surface area contributed by atoms with Gasteiger partial charge in [0.15, 0.2) is 6.29 Å². The summed E-state index contributed by atoms with van der Waals surface area (Å²) in [5.41, 5.74) is -1.03. The van der Waals surface area contributed by atoms with Gasteiger partial charge in [0.25, 0.3) is 0 Å². The molecule has 0 spiro atoms. The fourth-order valence-electron chi connectivity index (χ4n) is 1.36. The molecule has 1 aromatic heterocycles. The summed E-state index contributed by atoms with van der Waals surface area (Å²) in [5, 5.41) is 12.7. The number of halogens is 1. The average Bonchev–Trinajstić information content (AvgIpc) is 2.61.